The zero-order valence-electron chi connectivity index (χ0n) is 11.2. The van der Waals surface area contributed by atoms with Crippen molar-refractivity contribution < 1.29 is 9.18 Å². The Morgan fingerprint density at radius 1 is 1.20 bits per heavy atom. The summed E-state index contributed by atoms with van der Waals surface area (Å²) < 4.78 is 12.7. The molecule has 0 heterocycles. The average Bonchev–Trinajstić information content (AvgIpc) is 2.41. The molecular formula is C16H16FNOS. The molecule has 0 aromatic heterocycles. The minimum atomic E-state index is -0.307. The summed E-state index contributed by atoms with van der Waals surface area (Å²) in [5.74, 6) is 0.353. The van der Waals surface area contributed by atoms with Gasteiger partial charge in [-0.3, -0.25) is 4.79 Å². The average molecular weight is 289 g/mol. The smallest absolute Gasteiger partial charge is 0.225 e. The van der Waals surface area contributed by atoms with Crippen LogP contribution in [0.25, 0.3) is 0 Å². The number of amides is 1. The molecule has 0 radical (unpaired) electrons. The van der Waals surface area contributed by atoms with Crippen molar-refractivity contribution >= 4 is 23.4 Å². The van der Waals surface area contributed by atoms with E-state index in [0.717, 1.165) is 5.75 Å². The second-order valence-corrected chi connectivity index (χ2v) is 5.64. The second-order valence-electron chi connectivity index (χ2n) is 4.47. The number of carbonyl (C=O) groups is 1. The Labute approximate surface area is 122 Å². The molecule has 0 saturated heterocycles. The van der Waals surface area contributed by atoms with Gasteiger partial charge in [0.15, 0.2) is 0 Å². The Balaban J connectivity index is 1.76. The van der Waals surface area contributed by atoms with Crippen LogP contribution in [0.5, 0.6) is 0 Å². The highest BCUT2D eigenvalue weighted by Crippen LogP contribution is 2.20. The van der Waals surface area contributed by atoms with Crippen LogP contribution in [0.1, 0.15) is 12.0 Å². The number of thioether (sulfide) groups is 1. The van der Waals surface area contributed by atoms with Gasteiger partial charge in [-0.1, -0.05) is 17.7 Å². The molecule has 4 heteroatoms. The molecule has 0 atom stereocenters. The third-order valence-corrected chi connectivity index (χ3v) is 3.71. The fourth-order valence-corrected chi connectivity index (χ4v) is 2.69. The van der Waals surface area contributed by atoms with Crippen molar-refractivity contribution in [3.63, 3.8) is 0 Å². The molecule has 2 rings (SSSR count). The molecule has 0 unspecified atom stereocenters. The number of aryl methyl sites for hydroxylation is 1. The van der Waals surface area contributed by atoms with Crippen molar-refractivity contribution in [2.75, 3.05) is 11.1 Å². The Hall–Kier alpha value is -1.81. The normalized spacial score (nSPS) is 10.3. The molecule has 2 aromatic carbocycles. The van der Waals surface area contributed by atoms with Gasteiger partial charge >= 0.3 is 0 Å². The maximum atomic E-state index is 12.7. The van der Waals surface area contributed by atoms with Crippen LogP contribution in [0.3, 0.4) is 0 Å². The van der Waals surface area contributed by atoms with Gasteiger partial charge in [-0.15, -0.1) is 11.8 Å². The first-order chi connectivity index (χ1) is 9.63. The molecule has 0 saturated carbocycles. The Bertz CT molecular complexity index is 583. The van der Waals surface area contributed by atoms with Crippen LogP contribution < -0.4 is 5.32 Å². The summed E-state index contributed by atoms with van der Waals surface area (Å²) in [6, 6.07) is 14.0. The van der Waals surface area contributed by atoms with Crippen LogP contribution in [0.2, 0.25) is 0 Å². The molecule has 2 nitrogen and oxygen atoms in total. The second kappa shape index (κ2) is 7.10. The van der Waals surface area contributed by atoms with Gasteiger partial charge in [-0.25, -0.2) is 4.39 Å². The lowest BCUT2D eigenvalue weighted by Gasteiger charge is -2.05. The minimum absolute atomic E-state index is 0.0586. The van der Waals surface area contributed by atoms with Crippen LogP contribution in [-0.2, 0) is 4.79 Å². The number of carbonyl (C=O) groups excluding carboxylic acids is 1. The summed E-state index contributed by atoms with van der Waals surface area (Å²) in [4.78, 5) is 12.9. The monoisotopic (exact) mass is 289 g/mol. The van der Waals surface area contributed by atoms with E-state index in [9.17, 15) is 9.18 Å². The summed E-state index contributed by atoms with van der Waals surface area (Å²) in [6.07, 6.45) is 0.427. The lowest BCUT2D eigenvalue weighted by atomic mass is 10.2. The molecule has 0 fully saturated rings. The van der Waals surface area contributed by atoms with Gasteiger partial charge in [0, 0.05) is 22.8 Å². The predicted molar refractivity (Wildman–Crippen MR) is 81.5 cm³/mol. The van der Waals surface area contributed by atoms with Gasteiger partial charge in [0.05, 0.1) is 0 Å². The maximum Gasteiger partial charge on any atom is 0.225 e. The summed E-state index contributed by atoms with van der Waals surface area (Å²) in [5.41, 5.74) is 1.84. The molecule has 20 heavy (non-hydrogen) atoms. The van der Waals surface area contributed by atoms with E-state index in [1.54, 1.807) is 23.9 Å². The van der Waals surface area contributed by atoms with E-state index in [-0.39, 0.29) is 11.7 Å². The SMILES string of the molecule is Cc1cccc(SCCC(=O)Nc2ccc(F)cc2)c1. The van der Waals surface area contributed by atoms with E-state index < -0.39 is 0 Å². The van der Waals surface area contributed by atoms with E-state index in [1.807, 2.05) is 25.1 Å². The molecule has 0 bridgehead atoms. The molecule has 0 spiro atoms. The molecule has 2 aromatic rings. The van der Waals surface area contributed by atoms with Gasteiger partial charge in [-0.2, -0.15) is 0 Å². The molecular weight excluding hydrogens is 273 g/mol. The highest BCUT2D eigenvalue weighted by Gasteiger charge is 2.03. The quantitative estimate of drug-likeness (QED) is 0.833. The lowest BCUT2D eigenvalue weighted by molar-refractivity contribution is -0.115. The lowest BCUT2D eigenvalue weighted by Crippen LogP contribution is -2.12. The fourth-order valence-electron chi connectivity index (χ4n) is 1.72. The van der Waals surface area contributed by atoms with Crippen LogP contribution in [0.15, 0.2) is 53.4 Å². The van der Waals surface area contributed by atoms with E-state index in [0.29, 0.717) is 12.1 Å². The van der Waals surface area contributed by atoms with Crippen molar-refractivity contribution in [3.05, 3.63) is 59.9 Å². The molecule has 104 valence electrons. The maximum absolute atomic E-state index is 12.7. The minimum Gasteiger partial charge on any atom is -0.326 e. The summed E-state index contributed by atoms with van der Waals surface area (Å²) in [6.45, 7) is 2.05. The van der Waals surface area contributed by atoms with Crippen molar-refractivity contribution in [1.82, 2.24) is 0 Å². The molecule has 0 aliphatic carbocycles. The largest absolute Gasteiger partial charge is 0.326 e. The number of halogens is 1. The highest BCUT2D eigenvalue weighted by atomic mass is 32.2. The topological polar surface area (TPSA) is 29.1 Å². The Kier molecular flexibility index (Phi) is 5.18. The molecule has 1 amide bonds. The van der Waals surface area contributed by atoms with Crippen LogP contribution in [0.4, 0.5) is 10.1 Å². The number of hydrogen-bond acceptors (Lipinski definition) is 2. The van der Waals surface area contributed by atoms with Gasteiger partial charge in [0.1, 0.15) is 5.82 Å². The van der Waals surface area contributed by atoms with Crippen LogP contribution >= 0.6 is 11.8 Å². The molecule has 0 aliphatic rings. The third-order valence-electron chi connectivity index (χ3n) is 2.72. The predicted octanol–water partition coefficient (Wildman–Crippen LogP) is 4.26. The van der Waals surface area contributed by atoms with E-state index in [1.165, 1.54) is 22.6 Å². The first-order valence-electron chi connectivity index (χ1n) is 6.38. The standard InChI is InChI=1S/C16H16FNOS/c1-12-3-2-4-15(11-12)20-10-9-16(19)18-14-7-5-13(17)6-8-14/h2-8,11H,9-10H2,1H3,(H,18,19). The number of nitrogens with one attached hydrogen (secondary N) is 1. The number of anilines is 1. The van der Waals surface area contributed by atoms with Gasteiger partial charge in [-0.05, 0) is 43.3 Å². The van der Waals surface area contributed by atoms with Gasteiger partial charge in [0.25, 0.3) is 0 Å². The first-order valence-corrected chi connectivity index (χ1v) is 7.37. The summed E-state index contributed by atoms with van der Waals surface area (Å²) in [5, 5.41) is 2.75. The Morgan fingerprint density at radius 3 is 2.65 bits per heavy atom. The highest BCUT2D eigenvalue weighted by molar-refractivity contribution is 7.99. The van der Waals surface area contributed by atoms with Gasteiger partial charge in [0.2, 0.25) is 5.91 Å². The summed E-state index contributed by atoms with van der Waals surface area (Å²) >= 11 is 1.66. The van der Waals surface area contributed by atoms with Gasteiger partial charge < -0.3 is 5.32 Å². The van der Waals surface area contributed by atoms with Crippen LogP contribution in [-0.4, -0.2) is 11.7 Å². The Morgan fingerprint density at radius 2 is 1.95 bits per heavy atom. The van der Waals surface area contributed by atoms with Crippen LogP contribution in [0, 0.1) is 12.7 Å². The van der Waals surface area contributed by atoms with Crippen molar-refractivity contribution in [2.24, 2.45) is 0 Å². The zero-order chi connectivity index (χ0) is 14.4. The number of rotatable bonds is 5. The van der Waals surface area contributed by atoms with Crippen molar-refractivity contribution in [3.8, 4) is 0 Å². The fraction of sp³-hybridized carbons (Fsp3) is 0.188. The third kappa shape index (κ3) is 4.70. The van der Waals surface area contributed by atoms with E-state index >= 15 is 0 Å². The van der Waals surface area contributed by atoms with E-state index in [4.69, 9.17) is 0 Å². The number of hydrogen-bond donors (Lipinski definition) is 1. The van der Waals surface area contributed by atoms with E-state index in [2.05, 4.69) is 11.4 Å². The molecule has 0 aliphatic heterocycles. The molecule has 1 N–H and O–H groups in total. The number of benzene rings is 2. The van der Waals surface area contributed by atoms with Crippen molar-refractivity contribution in [1.29, 1.82) is 0 Å². The summed E-state index contributed by atoms with van der Waals surface area (Å²) in [7, 11) is 0. The van der Waals surface area contributed by atoms with Crippen molar-refractivity contribution in [2.45, 2.75) is 18.2 Å². The first kappa shape index (κ1) is 14.6. The zero-order valence-corrected chi connectivity index (χ0v) is 12.0.